The first-order valence-corrected chi connectivity index (χ1v) is 8.05. The van der Waals surface area contributed by atoms with Crippen LogP contribution < -0.4 is 11.1 Å². The van der Waals surface area contributed by atoms with Gasteiger partial charge in [-0.15, -0.1) is 12.4 Å². The van der Waals surface area contributed by atoms with Crippen LogP contribution >= 0.6 is 12.4 Å². The fourth-order valence-electron chi connectivity index (χ4n) is 2.34. The lowest BCUT2D eigenvalue weighted by Gasteiger charge is -2.23. The fraction of sp³-hybridized carbons (Fsp3) is 0.263. The quantitative estimate of drug-likeness (QED) is 0.757. The number of nitrogens with zero attached hydrogens (tertiary/aromatic N) is 1. The van der Waals surface area contributed by atoms with Crippen LogP contribution in [0.15, 0.2) is 60.7 Å². The second-order valence-electron chi connectivity index (χ2n) is 5.49. The van der Waals surface area contributed by atoms with Crippen LogP contribution in [0.2, 0.25) is 0 Å². The van der Waals surface area contributed by atoms with Crippen molar-refractivity contribution in [3.63, 3.8) is 0 Å². The summed E-state index contributed by atoms with van der Waals surface area (Å²) in [5, 5.41) is 2.68. The van der Waals surface area contributed by atoms with E-state index in [9.17, 15) is 9.59 Å². The van der Waals surface area contributed by atoms with Crippen LogP contribution in [0.3, 0.4) is 0 Å². The SMILES string of the molecule is Cl.NCCCN(Cc1ccccc1)C(=O)CNC(=O)c1ccccc1. The predicted octanol–water partition coefficient (Wildman–Crippen LogP) is 2.22. The van der Waals surface area contributed by atoms with Crippen LogP contribution in [0.1, 0.15) is 22.3 Å². The molecular formula is C19H24ClN3O2. The van der Waals surface area contributed by atoms with Crippen molar-refractivity contribution in [3.05, 3.63) is 71.8 Å². The first-order chi connectivity index (χ1) is 11.7. The molecule has 3 N–H and O–H groups in total. The van der Waals surface area contributed by atoms with Crippen LogP contribution in [0, 0.1) is 0 Å². The molecule has 0 aliphatic carbocycles. The highest BCUT2D eigenvalue weighted by Gasteiger charge is 2.15. The van der Waals surface area contributed by atoms with E-state index >= 15 is 0 Å². The Kier molecular flexibility index (Phi) is 9.29. The van der Waals surface area contributed by atoms with Gasteiger partial charge in [-0.1, -0.05) is 48.5 Å². The Morgan fingerprint density at radius 1 is 0.960 bits per heavy atom. The van der Waals surface area contributed by atoms with Gasteiger partial charge in [-0.05, 0) is 30.7 Å². The second-order valence-corrected chi connectivity index (χ2v) is 5.49. The van der Waals surface area contributed by atoms with Gasteiger partial charge in [0.15, 0.2) is 0 Å². The zero-order chi connectivity index (χ0) is 17.2. The molecular weight excluding hydrogens is 338 g/mol. The van der Waals surface area contributed by atoms with E-state index in [1.807, 2.05) is 36.4 Å². The molecule has 0 radical (unpaired) electrons. The Labute approximate surface area is 154 Å². The van der Waals surface area contributed by atoms with Crippen molar-refractivity contribution in [1.82, 2.24) is 10.2 Å². The third-order valence-electron chi connectivity index (χ3n) is 3.64. The number of benzene rings is 2. The first kappa shape index (κ1) is 20.7. The topological polar surface area (TPSA) is 75.4 Å². The number of amides is 2. The van der Waals surface area contributed by atoms with E-state index in [1.165, 1.54) is 0 Å². The lowest BCUT2D eigenvalue weighted by molar-refractivity contribution is -0.130. The van der Waals surface area contributed by atoms with Gasteiger partial charge in [0.05, 0.1) is 6.54 Å². The van der Waals surface area contributed by atoms with E-state index in [4.69, 9.17) is 5.73 Å². The van der Waals surface area contributed by atoms with Crippen LogP contribution in [0.4, 0.5) is 0 Å². The zero-order valence-corrected chi connectivity index (χ0v) is 14.9. The molecule has 0 aliphatic heterocycles. The minimum Gasteiger partial charge on any atom is -0.343 e. The monoisotopic (exact) mass is 361 g/mol. The van der Waals surface area contributed by atoms with Gasteiger partial charge >= 0.3 is 0 Å². The molecule has 2 rings (SSSR count). The Bertz CT molecular complexity index is 650. The minimum absolute atomic E-state index is 0. The van der Waals surface area contributed by atoms with Crippen molar-refractivity contribution < 1.29 is 9.59 Å². The lowest BCUT2D eigenvalue weighted by atomic mass is 10.2. The van der Waals surface area contributed by atoms with Gasteiger partial charge < -0.3 is 16.0 Å². The summed E-state index contributed by atoms with van der Waals surface area (Å²) in [6.07, 6.45) is 0.727. The van der Waals surface area contributed by atoms with Crippen molar-refractivity contribution in [2.24, 2.45) is 5.73 Å². The van der Waals surface area contributed by atoms with Crippen molar-refractivity contribution in [2.45, 2.75) is 13.0 Å². The fourth-order valence-corrected chi connectivity index (χ4v) is 2.34. The van der Waals surface area contributed by atoms with Gasteiger partial charge in [-0.2, -0.15) is 0 Å². The summed E-state index contributed by atoms with van der Waals surface area (Å²) < 4.78 is 0. The largest absolute Gasteiger partial charge is 0.343 e. The van der Waals surface area contributed by atoms with Gasteiger partial charge in [0.1, 0.15) is 0 Å². The summed E-state index contributed by atoms with van der Waals surface area (Å²) in [6.45, 7) is 1.59. The molecule has 0 fully saturated rings. The van der Waals surface area contributed by atoms with E-state index in [-0.39, 0.29) is 30.8 Å². The molecule has 6 heteroatoms. The van der Waals surface area contributed by atoms with Gasteiger partial charge in [-0.3, -0.25) is 9.59 Å². The molecule has 2 aromatic rings. The number of hydrogen-bond acceptors (Lipinski definition) is 3. The molecule has 5 nitrogen and oxygen atoms in total. The summed E-state index contributed by atoms with van der Waals surface area (Å²) >= 11 is 0. The smallest absolute Gasteiger partial charge is 0.251 e. The number of carbonyl (C=O) groups is 2. The number of hydrogen-bond donors (Lipinski definition) is 2. The number of nitrogens with one attached hydrogen (secondary N) is 1. The number of nitrogens with two attached hydrogens (primary N) is 1. The maximum atomic E-state index is 12.5. The van der Waals surface area contributed by atoms with Crippen LogP contribution in [0.25, 0.3) is 0 Å². The van der Waals surface area contributed by atoms with Crippen LogP contribution in [-0.2, 0) is 11.3 Å². The molecule has 0 bridgehead atoms. The molecule has 2 aromatic carbocycles. The maximum absolute atomic E-state index is 12.5. The average molecular weight is 362 g/mol. The second kappa shape index (κ2) is 11.2. The third kappa shape index (κ3) is 6.95. The standard InChI is InChI=1S/C19H23N3O2.ClH/c20-12-7-13-22(15-16-8-3-1-4-9-16)18(23)14-21-19(24)17-10-5-2-6-11-17;/h1-6,8-11H,7,12-15,20H2,(H,21,24);1H. The number of carbonyl (C=O) groups excluding carboxylic acids is 2. The Balaban J connectivity index is 0.00000312. The van der Waals surface area contributed by atoms with Gasteiger partial charge in [0.2, 0.25) is 5.91 Å². The summed E-state index contributed by atoms with van der Waals surface area (Å²) in [5.74, 6) is -0.362. The van der Waals surface area contributed by atoms with Gasteiger partial charge in [-0.25, -0.2) is 0 Å². The van der Waals surface area contributed by atoms with Crippen LogP contribution in [-0.4, -0.2) is 36.3 Å². The highest BCUT2D eigenvalue weighted by molar-refractivity contribution is 5.96. The summed E-state index contributed by atoms with van der Waals surface area (Å²) in [5.41, 5.74) is 7.16. The molecule has 2 amide bonds. The third-order valence-corrected chi connectivity index (χ3v) is 3.64. The molecule has 0 unspecified atom stereocenters. The molecule has 0 saturated carbocycles. The maximum Gasteiger partial charge on any atom is 0.251 e. The van der Waals surface area contributed by atoms with Gasteiger partial charge in [0, 0.05) is 18.7 Å². The predicted molar refractivity (Wildman–Crippen MR) is 102 cm³/mol. The average Bonchev–Trinajstić information content (AvgIpc) is 2.64. The highest BCUT2D eigenvalue weighted by atomic mass is 35.5. The summed E-state index contributed by atoms with van der Waals surface area (Å²) in [4.78, 5) is 26.2. The van der Waals surface area contributed by atoms with E-state index < -0.39 is 0 Å². The molecule has 0 aliphatic rings. The molecule has 0 spiro atoms. The molecule has 0 heterocycles. The van der Waals surface area contributed by atoms with E-state index in [2.05, 4.69) is 5.32 Å². The van der Waals surface area contributed by atoms with Crippen molar-refractivity contribution in [2.75, 3.05) is 19.6 Å². The summed E-state index contributed by atoms with van der Waals surface area (Å²) in [7, 11) is 0. The zero-order valence-electron chi connectivity index (χ0n) is 14.1. The highest BCUT2D eigenvalue weighted by Crippen LogP contribution is 2.05. The molecule has 134 valence electrons. The number of rotatable bonds is 8. The molecule has 0 aromatic heterocycles. The van der Waals surface area contributed by atoms with Gasteiger partial charge in [0.25, 0.3) is 5.91 Å². The van der Waals surface area contributed by atoms with Crippen molar-refractivity contribution >= 4 is 24.2 Å². The Morgan fingerprint density at radius 3 is 2.16 bits per heavy atom. The van der Waals surface area contributed by atoms with Crippen LogP contribution in [0.5, 0.6) is 0 Å². The first-order valence-electron chi connectivity index (χ1n) is 8.05. The van der Waals surface area contributed by atoms with E-state index in [0.717, 1.165) is 12.0 Å². The molecule has 0 saturated heterocycles. The summed E-state index contributed by atoms with van der Waals surface area (Å²) in [6, 6.07) is 18.6. The Morgan fingerprint density at radius 2 is 1.56 bits per heavy atom. The number of halogens is 1. The van der Waals surface area contributed by atoms with Crippen molar-refractivity contribution in [3.8, 4) is 0 Å². The minimum atomic E-state index is -0.248. The molecule has 25 heavy (non-hydrogen) atoms. The van der Waals surface area contributed by atoms with Crippen molar-refractivity contribution in [1.29, 1.82) is 0 Å². The lowest BCUT2D eigenvalue weighted by Crippen LogP contribution is -2.40. The molecule has 0 atom stereocenters. The van der Waals surface area contributed by atoms with E-state index in [0.29, 0.717) is 25.2 Å². The Hall–Kier alpha value is -2.37. The normalized spacial score (nSPS) is 9.80. The van der Waals surface area contributed by atoms with E-state index in [1.54, 1.807) is 29.2 Å².